The molecule has 0 unspecified atom stereocenters. The Balaban J connectivity index is 2.20. The summed E-state index contributed by atoms with van der Waals surface area (Å²) in [6.45, 7) is 4.39. The van der Waals surface area contributed by atoms with Crippen LogP contribution in [0.5, 0.6) is 11.5 Å². The van der Waals surface area contributed by atoms with Crippen molar-refractivity contribution in [3.8, 4) is 17.6 Å². The number of nitriles is 1. The van der Waals surface area contributed by atoms with E-state index < -0.39 is 0 Å². The highest BCUT2D eigenvalue weighted by Crippen LogP contribution is 2.27. The molecule has 2 aromatic rings. The second kappa shape index (κ2) is 6.87. The first-order valence-corrected chi connectivity index (χ1v) is 6.78. The lowest BCUT2D eigenvalue weighted by Gasteiger charge is -2.10. The van der Waals surface area contributed by atoms with Crippen molar-refractivity contribution in [3.63, 3.8) is 0 Å². The molecule has 1 aromatic heterocycles. The van der Waals surface area contributed by atoms with E-state index in [2.05, 4.69) is 11.1 Å². The Morgan fingerprint density at radius 3 is 2.52 bits per heavy atom. The van der Waals surface area contributed by atoms with Gasteiger partial charge in [-0.25, -0.2) is 0 Å². The molecule has 4 nitrogen and oxygen atoms in total. The van der Waals surface area contributed by atoms with E-state index in [1.165, 1.54) is 5.56 Å². The molecule has 108 valence electrons. The highest BCUT2D eigenvalue weighted by atomic mass is 16.5. The van der Waals surface area contributed by atoms with Gasteiger partial charge in [0.25, 0.3) is 0 Å². The van der Waals surface area contributed by atoms with Crippen molar-refractivity contribution in [1.29, 1.82) is 5.26 Å². The van der Waals surface area contributed by atoms with Crippen LogP contribution < -0.4 is 4.74 Å². The van der Waals surface area contributed by atoms with Crippen LogP contribution in [0.3, 0.4) is 0 Å². The molecular formula is C17H18N2O2. The molecule has 0 aliphatic heterocycles. The van der Waals surface area contributed by atoms with Gasteiger partial charge in [-0.05, 0) is 38.0 Å². The molecule has 0 saturated heterocycles. The topological polar surface area (TPSA) is 55.1 Å². The highest BCUT2D eigenvalue weighted by Gasteiger charge is 2.10. The number of methoxy groups -OCH3 is 1. The predicted octanol–water partition coefficient (Wildman–Crippen LogP) is 3.55. The molecule has 0 aliphatic carbocycles. The summed E-state index contributed by atoms with van der Waals surface area (Å²) in [6.07, 6.45) is 0.869. The van der Waals surface area contributed by atoms with Crippen molar-refractivity contribution >= 4 is 0 Å². The minimum Gasteiger partial charge on any atom is -0.456 e. The summed E-state index contributed by atoms with van der Waals surface area (Å²) in [7, 11) is 1.69. The Labute approximate surface area is 125 Å². The Morgan fingerprint density at radius 1 is 1.19 bits per heavy atom. The van der Waals surface area contributed by atoms with Gasteiger partial charge in [0.1, 0.15) is 23.1 Å². The average molecular weight is 282 g/mol. The summed E-state index contributed by atoms with van der Waals surface area (Å²) in [5.41, 5.74) is 3.18. The largest absolute Gasteiger partial charge is 0.456 e. The van der Waals surface area contributed by atoms with E-state index in [-0.39, 0.29) is 0 Å². The molecule has 0 spiro atoms. The molecule has 0 saturated carbocycles. The minimum atomic E-state index is 0.476. The SMILES string of the molecule is COCCc1ccc(Oc2cc(C)nc(C)c2C#N)cc1. The number of rotatable bonds is 5. The van der Waals surface area contributed by atoms with E-state index in [9.17, 15) is 5.26 Å². The van der Waals surface area contributed by atoms with Crippen LogP contribution in [0.4, 0.5) is 0 Å². The van der Waals surface area contributed by atoms with Crippen molar-refractivity contribution in [1.82, 2.24) is 4.98 Å². The molecule has 0 bridgehead atoms. The Morgan fingerprint density at radius 2 is 1.90 bits per heavy atom. The number of pyridine rings is 1. The molecule has 4 heteroatoms. The summed E-state index contributed by atoms with van der Waals surface area (Å²) >= 11 is 0. The van der Waals surface area contributed by atoms with Crippen molar-refractivity contribution in [2.24, 2.45) is 0 Å². The average Bonchev–Trinajstić information content (AvgIpc) is 2.46. The molecule has 0 atom stereocenters. The van der Waals surface area contributed by atoms with Crippen LogP contribution >= 0.6 is 0 Å². The normalized spacial score (nSPS) is 10.2. The van der Waals surface area contributed by atoms with Crippen LogP contribution in [-0.2, 0) is 11.2 Å². The van der Waals surface area contributed by atoms with Crippen molar-refractivity contribution in [2.75, 3.05) is 13.7 Å². The second-order valence-corrected chi connectivity index (χ2v) is 4.82. The molecule has 2 rings (SSSR count). The third-order valence-electron chi connectivity index (χ3n) is 3.15. The number of benzene rings is 1. The van der Waals surface area contributed by atoms with E-state index >= 15 is 0 Å². The minimum absolute atomic E-state index is 0.476. The fourth-order valence-electron chi connectivity index (χ4n) is 2.08. The van der Waals surface area contributed by atoms with Gasteiger partial charge in [-0.1, -0.05) is 12.1 Å². The Hall–Kier alpha value is -2.38. The van der Waals surface area contributed by atoms with Crippen LogP contribution in [0, 0.1) is 25.2 Å². The number of ether oxygens (including phenoxy) is 2. The number of aryl methyl sites for hydroxylation is 2. The third kappa shape index (κ3) is 3.80. The van der Waals surface area contributed by atoms with Gasteiger partial charge in [0.15, 0.2) is 0 Å². The summed E-state index contributed by atoms with van der Waals surface area (Å²) in [4.78, 5) is 4.28. The standard InChI is InChI=1S/C17H18N2O2/c1-12-10-17(16(11-18)13(2)19-12)21-15-6-4-14(5-7-15)8-9-20-3/h4-7,10H,8-9H2,1-3H3. The first-order chi connectivity index (χ1) is 10.1. The van der Waals surface area contributed by atoms with Gasteiger partial charge < -0.3 is 9.47 Å². The number of nitrogens with zero attached hydrogens (tertiary/aromatic N) is 2. The van der Waals surface area contributed by atoms with E-state index in [0.717, 1.165) is 12.1 Å². The van der Waals surface area contributed by atoms with Crippen molar-refractivity contribution in [3.05, 3.63) is 52.8 Å². The summed E-state index contributed by atoms with van der Waals surface area (Å²) in [5.74, 6) is 1.25. The predicted molar refractivity (Wildman–Crippen MR) is 80.5 cm³/mol. The van der Waals surface area contributed by atoms with Crippen molar-refractivity contribution < 1.29 is 9.47 Å². The molecule has 1 heterocycles. The Kier molecular flexibility index (Phi) is 4.91. The zero-order valence-electron chi connectivity index (χ0n) is 12.5. The summed E-state index contributed by atoms with van der Waals surface area (Å²) < 4.78 is 10.9. The molecule has 0 fully saturated rings. The van der Waals surface area contributed by atoms with Crippen LogP contribution in [0.25, 0.3) is 0 Å². The van der Waals surface area contributed by atoms with Crippen LogP contribution in [0.2, 0.25) is 0 Å². The first kappa shape index (κ1) is 15.0. The van der Waals surface area contributed by atoms with Gasteiger partial charge in [-0.15, -0.1) is 0 Å². The van der Waals surface area contributed by atoms with Crippen LogP contribution in [-0.4, -0.2) is 18.7 Å². The van der Waals surface area contributed by atoms with E-state index in [4.69, 9.17) is 9.47 Å². The zero-order valence-corrected chi connectivity index (χ0v) is 12.5. The summed E-state index contributed by atoms with van der Waals surface area (Å²) in [5, 5.41) is 9.23. The van der Waals surface area contributed by atoms with Crippen LogP contribution in [0.1, 0.15) is 22.5 Å². The molecule has 0 radical (unpaired) electrons. The molecule has 1 aromatic carbocycles. The van der Waals surface area contributed by atoms with Crippen molar-refractivity contribution in [2.45, 2.75) is 20.3 Å². The maximum absolute atomic E-state index is 9.23. The second-order valence-electron chi connectivity index (χ2n) is 4.82. The van der Waals surface area contributed by atoms with Crippen LogP contribution in [0.15, 0.2) is 30.3 Å². The highest BCUT2D eigenvalue weighted by molar-refractivity contribution is 5.48. The lowest BCUT2D eigenvalue weighted by atomic mass is 10.1. The maximum atomic E-state index is 9.23. The van der Waals surface area contributed by atoms with Gasteiger partial charge in [0.2, 0.25) is 0 Å². The first-order valence-electron chi connectivity index (χ1n) is 6.78. The molecule has 21 heavy (non-hydrogen) atoms. The monoisotopic (exact) mass is 282 g/mol. The van der Waals surface area contributed by atoms with Gasteiger partial charge in [-0.2, -0.15) is 5.26 Å². The molecule has 0 aliphatic rings. The quantitative estimate of drug-likeness (QED) is 0.841. The van der Waals surface area contributed by atoms with E-state index in [1.807, 2.05) is 38.1 Å². The lowest BCUT2D eigenvalue weighted by molar-refractivity contribution is 0.202. The van der Waals surface area contributed by atoms with Gasteiger partial charge in [0, 0.05) is 18.9 Å². The summed E-state index contributed by atoms with van der Waals surface area (Å²) in [6, 6.07) is 11.7. The smallest absolute Gasteiger partial charge is 0.148 e. The molecule has 0 N–H and O–H groups in total. The van der Waals surface area contributed by atoms with E-state index in [1.54, 1.807) is 13.2 Å². The molecular weight excluding hydrogens is 264 g/mol. The molecule has 0 amide bonds. The van der Waals surface area contributed by atoms with Gasteiger partial charge >= 0.3 is 0 Å². The van der Waals surface area contributed by atoms with Gasteiger partial charge in [0.05, 0.1) is 12.3 Å². The number of aromatic nitrogens is 1. The fraction of sp³-hybridized carbons (Fsp3) is 0.294. The number of hydrogen-bond acceptors (Lipinski definition) is 4. The zero-order chi connectivity index (χ0) is 15.2. The lowest BCUT2D eigenvalue weighted by Crippen LogP contribution is -1.97. The maximum Gasteiger partial charge on any atom is 0.148 e. The van der Waals surface area contributed by atoms with E-state index in [0.29, 0.717) is 29.4 Å². The Bertz CT molecular complexity index is 658. The fourth-order valence-corrected chi connectivity index (χ4v) is 2.08. The van der Waals surface area contributed by atoms with Gasteiger partial charge in [-0.3, -0.25) is 4.98 Å². The third-order valence-corrected chi connectivity index (χ3v) is 3.15. The number of hydrogen-bond donors (Lipinski definition) is 0.